The summed E-state index contributed by atoms with van der Waals surface area (Å²) in [4.78, 5) is 42.0. The highest BCUT2D eigenvalue weighted by Gasteiger charge is 2.28. The van der Waals surface area contributed by atoms with E-state index in [1.165, 1.54) is 0 Å². The third-order valence-corrected chi connectivity index (χ3v) is 5.05. The molecule has 1 atom stereocenters. The number of aromatic amines is 1. The monoisotopic (exact) mass is 331 g/mol. The molecular formula is C18H25N3O3. The fraction of sp³-hybridized carbons (Fsp3) is 0.611. The minimum atomic E-state index is -0.564. The Morgan fingerprint density at radius 1 is 1.12 bits per heavy atom. The quantitative estimate of drug-likeness (QED) is 0.888. The van der Waals surface area contributed by atoms with E-state index in [1.807, 2.05) is 4.90 Å². The van der Waals surface area contributed by atoms with Gasteiger partial charge in [-0.15, -0.1) is 0 Å². The Morgan fingerprint density at radius 2 is 1.83 bits per heavy atom. The average molecular weight is 331 g/mol. The van der Waals surface area contributed by atoms with Crippen LogP contribution in [0.5, 0.6) is 0 Å². The summed E-state index contributed by atoms with van der Waals surface area (Å²) in [7, 11) is 0. The van der Waals surface area contributed by atoms with Gasteiger partial charge in [0.2, 0.25) is 5.91 Å². The summed E-state index contributed by atoms with van der Waals surface area (Å²) in [5.74, 6) is -0.248. The molecule has 2 amide bonds. The number of ketones is 1. The fourth-order valence-electron chi connectivity index (χ4n) is 3.72. The summed E-state index contributed by atoms with van der Waals surface area (Å²) in [6.07, 6.45) is 5.35. The molecule has 0 saturated carbocycles. The number of piperidine rings is 1. The van der Waals surface area contributed by atoms with Gasteiger partial charge in [-0.2, -0.15) is 0 Å². The Kier molecular flexibility index (Phi) is 4.73. The SMILES string of the molecule is Cc1c(C(=O)N[C@H](C)C(=O)N2CCCCC2)[nH]c2c1C(=O)CCC2. The summed E-state index contributed by atoms with van der Waals surface area (Å²) >= 11 is 0. The zero-order valence-corrected chi connectivity index (χ0v) is 14.4. The third-order valence-electron chi connectivity index (χ3n) is 5.05. The molecule has 2 N–H and O–H groups in total. The van der Waals surface area contributed by atoms with E-state index >= 15 is 0 Å². The van der Waals surface area contributed by atoms with Gasteiger partial charge in [-0.05, 0) is 51.5 Å². The second-order valence-corrected chi connectivity index (χ2v) is 6.84. The van der Waals surface area contributed by atoms with Crippen LogP contribution in [0.4, 0.5) is 0 Å². The molecule has 1 aliphatic heterocycles. The van der Waals surface area contributed by atoms with Crippen molar-refractivity contribution < 1.29 is 14.4 Å². The van der Waals surface area contributed by atoms with Crippen LogP contribution in [0.2, 0.25) is 0 Å². The van der Waals surface area contributed by atoms with Gasteiger partial charge < -0.3 is 15.2 Å². The minimum Gasteiger partial charge on any atom is -0.354 e. The van der Waals surface area contributed by atoms with E-state index in [-0.39, 0.29) is 17.6 Å². The first-order valence-corrected chi connectivity index (χ1v) is 8.83. The lowest BCUT2D eigenvalue weighted by atomic mass is 9.94. The van der Waals surface area contributed by atoms with Gasteiger partial charge in [-0.3, -0.25) is 14.4 Å². The number of fused-ring (bicyclic) bond motifs is 1. The molecule has 6 heteroatoms. The number of carbonyl (C=O) groups is 3. The largest absolute Gasteiger partial charge is 0.354 e. The van der Waals surface area contributed by atoms with Crippen LogP contribution in [0.15, 0.2) is 0 Å². The predicted molar refractivity (Wildman–Crippen MR) is 90.2 cm³/mol. The number of H-pyrrole nitrogens is 1. The summed E-state index contributed by atoms with van der Waals surface area (Å²) in [5.41, 5.74) is 2.63. The molecule has 0 bridgehead atoms. The number of hydrogen-bond donors (Lipinski definition) is 2. The number of nitrogens with one attached hydrogen (secondary N) is 2. The molecule has 3 rings (SSSR count). The number of nitrogens with zero attached hydrogens (tertiary/aromatic N) is 1. The molecule has 0 radical (unpaired) electrons. The Balaban J connectivity index is 1.71. The highest BCUT2D eigenvalue weighted by molar-refractivity contribution is 6.05. The Bertz CT molecular complexity index is 671. The van der Waals surface area contributed by atoms with Crippen molar-refractivity contribution in [2.45, 2.75) is 58.4 Å². The molecule has 2 aliphatic rings. The first-order chi connectivity index (χ1) is 11.5. The van der Waals surface area contributed by atoms with E-state index in [0.29, 0.717) is 23.2 Å². The van der Waals surface area contributed by atoms with Crippen LogP contribution in [-0.4, -0.2) is 46.6 Å². The molecule has 1 fully saturated rings. The highest BCUT2D eigenvalue weighted by atomic mass is 16.2. The molecule has 2 heterocycles. The van der Waals surface area contributed by atoms with E-state index in [4.69, 9.17) is 0 Å². The normalized spacial score (nSPS) is 18.9. The van der Waals surface area contributed by atoms with Gasteiger partial charge in [-0.1, -0.05) is 0 Å². The van der Waals surface area contributed by atoms with Crippen LogP contribution in [0.1, 0.15) is 71.1 Å². The molecule has 1 aromatic rings. The molecule has 24 heavy (non-hydrogen) atoms. The topological polar surface area (TPSA) is 82.3 Å². The van der Waals surface area contributed by atoms with Crippen molar-refractivity contribution in [2.75, 3.05) is 13.1 Å². The number of amides is 2. The van der Waals surface area contributed by atoms with Crippen LogP contribution < -0.4 is 5.32 Å². The first-order valence-electron chi connectivity index (χ1n) is 8.83. The number of aryl methyl sites for hydroxylation is 1. The van der Waals surface area contributed by atoms with Crippen LogP contribution >= 0.6 is 0 Å². The number of rotatable bonds is 3. The lowest BCUT2D eigenvalue weighted by Crippen LogP contribution is -2.48. The fourth-order valence-corrected chi connectivity index (χ4v) is 3.72. The van der Waals surface area contributed by atoms with E-state index in [2.05, 4.69) is 10.3 Å². The van der Waals surface area contributed by atoms with Crippen molar-refractivity contribution in [3.8, 4) is 0 Å². The molecule has 6 nitrogen and oxygen atoms in total. The van der Waals surface area contributed by atoms with Gasteiger partial charge in [0.25, 0.3) is 5.91 Å². The molecule has 1 aliphatic carbocycles. The van der Waals surface area contributed by atoms with Gasteiger partial charge >= 0.3 is 0 Å². The predicted octanol–water partition coefficient (Wildman–Crippen LogP) is 1.97. The van der Waals surface area contributed by atoms with Gasteiger partial charge in [0.1, 0.15) is 11.7 Å². The van der Waals surface area contributed by atoms with E-state index in [1.54, 1.807) is 13.8 Å². The zero-order valence-electron chi connectivity index (χ0n) is 14.4. The summed E-state index contributed by atoms with van der Waals surface area (Å²) in [6, 6.07) is -0.564. The van der Waals surface area contributed by atoms with Crippen molar-refractivity contribution in [1.29, 1.82) is 0 Å². The van der Waals surface area contributed by atoms with Gasteiger partial charge in [0, 0.05) is 30.8 Å². The number of Topliss-reactive ketones (excluding diaryl/α,β-unsaturated/α-hetero) is 1. The molecule has 0 spiro atoms. The first kappa shape index (κ1) is 16.7. The van der Waals surface area contributed by atoms with Crippen molar-refractivity contribution in [3.05, 3.63) is 22.5 Å². The highest BCUT2D eigenvalue weighted by Crippen LogP contribution is 2.26. The second kappa shape index (κ2) is 6.79. The van der Waals surface area contributed by atoms with Crippen LogP contribution in [0, 0.1) is 6.92 Å². The Hall–Kier alpha value is -2.11. The maximum atomic E-state index is 12.6. The summed E-state index contributed by atoms with van der Waals surface area (Å²) in [6.45, 7) is 5.05. The van der Waals surface area contributed by atoms with Crippen molar-refractivity contribution in [1.82, 2.24) is 15.2 Å². The van der Waals surface area contributed by atoms with Crippen molar-refractivity contribution in [2.24, 2.45) is 0 Å². The average Bonchev–Trinajstić information content (AvgIpc) is 2.93. The molecule has 130 valence electrons. The number of aromatic nitrogens is 1. The van der Waals surface area contributed by atoms with E-state index in [9.17, 15) is 14.4 Å². The Morgan fingerprint density at radius 3 is 2.50 bits per heavy atom. The van der Waals surface area contributed by atoms with Gasteiger partial charge in [0.15, 0.2) is 5.78 Å². The van der Waals surface area contributed by atoms with Crippen molar-refractivity contribution in [3.63, 3.8) is 0 Å². The van der Waals surface area contributed by atoms with E-state index < -0.39 is 6.04 Å². The standard InChI is InChI=1S/C18H25N3O3/c1-11-15-13(7-6-8-14(15)22)20-16(11)17(23)19-12(2)18(24)21-9-4-3-5-10-21/h12,20H,3-10H2,1-2H3,(H,19,23)/t12-/m1/s1. The molecule has 1 aromatic heterocycles. The smallest absolute Gasteiger partial charge is 0.268 e. The third kappa shape index (κ3) is 3.09. The van der Waals surface area contributed by atoms with Crippen LogP contribution in [0.3, 0.4) is 0 Å². The van der Waals surface area contributed by atoms with Crippen LogP contribution in [0.25, 0.3) is 0 Å². The molecule has 0 aromatic carbocycles. The number of carbonyl (C=O) groups excluding carboxylic acids is 3. The summed E-state index contributed by atoms with van der Waals surface area (Å²) in [5, 5.41) is 2.79. The van der Waals surface area contributed by atoms with E-state index in [0.717, 1.165) is 50.9 Å². The lowest BCUT2D eigenvalue weighted by Gasteiger charge is -2.29. The number of hydrogen-bond acceptors (Lipinski definition) is 3. The molecule has 1 saturated heterocycles. The maximum absolute atomic E-state index is 12.6. The van der Waals surface area contributed by atoms with Crippen LogP contribution in [-0.2, 0) is 11.2 Å². The second-order valence-electron chi connectivity index (χ2n) is 6.84. The zero-order chi connectivity index (χ0) is 17.3. The minimum absolute atomic E-state index is 0.0342. The lowest BCUT2D eigenvalue weighted by molar-refractivity contribution is -0.133. The molecular weight excluding hydrogens is 306 g/mol. The van der Waals surface area contributed by atoms with Crippen molar-refractivity contribution >= 4 is 17.6 Å². The summed E-state index contributed by atoms with van der Waals surface area (Å²) < 4.78 is 0. The van der Waals surface area contributed by atoms with Gasteiger partial charge in [-0.25, -0.2) is 0 Å². The maximum Gasteiger partial charge on any atom is 0.268 e. The Labute approximate surface area is 142 Å². The number of likely N-dealkylation sites (tertiary alicyclic amines) is 1. The van der Waals surface area contributed by atoms with Gasteiger partial charge in [0.05, 0.1) is 0 Å². The molecule has 0 unspecified atom stereocenters.